The molecule has 0 aliphatic carbocycles. The average molecular weight is 607 g/mol. The third kappa shape index (κ3) is 8.25. The van der Waals surface area contributed by atoms with Gasteiger partial charge in [-0.15, -0.1) is 0 Å². The zero-order chi connectivity index (χ0) is 30.4. The Morgan fingerprint density at radius 2 is 2.02 bits per heavy atom. The van der Waals surface area contributed by atoms with Crippen molar-refractivity contribution in [1.82, 2.24) is 14.6 Å². The molecule has 1 unspecified atom stereocenters. The number of anilines is 1. The predicted octanol–water partition coefficient (Wildman–Crippen LogP) is 1.51. The number of esters is 1. The SMILES string of the molecule is C[C@H](NP(=O)(OCC(F)(F)F)OC[C@@]1(N=[N+]=[N-])O[C@@H](n2ccc(N)nc2=O)[C@H](O)[C@@H]1O)C(=O)OCc1ccccc1. The molecule has 0 radical (unpaired) electrons. The third-order valence-electron chi connectivity index (χ3n) is 5.51. The highest BCUT2D eigenvalue weighted by Crippen LogP contribution is 2.48. The highest BCUT2D eigenvalue weighted by Gasteiger charge is 2.56. The summed E-state index contributed by atoms with van der Waals surface area (Å²) in [5.41, 5.74) is 11.4. The van der Waals surface area contributed by atoms with Crippen molar-refractivity contribution in [3.8, 4) is 0 Å². The number of carbonyl (C=O) groups is 1. The van der Waals surface area contributed by atoms with Crippen LogP contribution in [0.5, 0.6) is 0 Å². The van der Waals surface area contributed by atoms with Crippen molar-refractivity contribution in [2.75, 3.05) is 18.9 Å². The highest BCUT2D eigenvalue weighted by atomic mass is 31.2. The number of benzene rings is 1. The number of nitrogens with two attached hydrogens (primary N) is 1. The molecular formula is C21H25F3N7O9P. The van der Waals surface area contributed by atoms with E-state index in [0.717, 1.165) is 19.2 Å². The number of halogens is 3. The number of nitrogens with zero attached hydrogens (tertiary/aromatic N) is 5. The lowest BCUT2D eigenvalue weighted by Crippen LogP contribution is -2.45. The van der Waals surface area contributed by atoms with Gasteiger partial charge in [-0.3, -0.25) is 18.4 Å². The minimum absolute atomic E-state index is 0.186. The molecule has 1 aliphatic heterocycles. The van der Waals surface area contributed by atoms with Crippen LogP contribution in [-0.4, -0.2) is 69.1 Å². The maximum absolute atomic E-state index is 13.3. The summed E-state index contributed by atoms with van der Waals surface area (Å²) in [5, 5.41) is 26.4. The van der Waals surface area contributed by atoms with Gasteiger partial charge in [-0.25, -0.2) is 14.4 Å². The summed E-state index contributed by atoms with van der Waals surface area (Å²) in [6, 6.07) is 7.96. The largest absolute Gasteiger partial charge is 0.460 e. The second kappa shape index (κ2) is 13.0. The molecule has 0 bridgehead atoms. The Morgan fingerprint density at radius 1 is 1.34 bits per heavy atom. The normalized spacial score (nSPS) is 24.7. The van der Waals surface area contributed by atoms with Crippen LogP contribution in [0.4, 0.5) is 19.0 Å². The molecule has 5 N–H and O–H groups in total. The molecule has 1 aliphatic rings. The van der Waals surface area contributed by atoms with Crippen LogP contribution in [0.15, 0.2) is 52.5 Å². The highest BCUT2D eigenvalue weighted by molar-refractivity contribution is 7.51. The van der Waals surface area contributed by atoms with E-state index in [4.69, 9.17) is 25.3 Å². The van der Waals surface area contributed by atoms with Gasteiger partial charge in [-0.1, -0.05) is 35.4 Å². The standard InChI is InChI=1S/C21H25F3N7O9P/c1-12(18(34)37-9-13-5-3-2-4-6-13)28-41(36,39-11-21(22,23)24)38-10-20(29-30-26)16(33)15(32)17(40-20)31-8-7-14(25)27-19(31)35/h2-8,12,15-17,32-33H,9-11H2,1H3,(H,28,36)(H2,25,27,35)/t12-,15+,16-,17+,20+,41?/m0/s1. The fourth-order valence-electron chi connectivity index (χ4n) is 3.51. The Morgan fingerprint density at radius 3 is 2.63 bits per heavy atom. The zero-order valence-corrected chi connectivity index (χ0v) is 22.0. The number of nitrogens with one attached hydrogen (secondary N) is 1. The van der Waals surface area contributed by atoms with E-state index in [0.29, 0.717) is 10.1 Å². The molecule has 6 atom stereocenters. The maximum Gasteiger partial charge on any atom is 0.412 e. The van der Waals surface area contributed by atoms with Crippen molar-refractivity contribution in [1.29, 1.82) is 0 Å². The smallest absolute Gasteiger partial charge is 0.412 e. The van der Waals surface area contributed by atoms with E-state index < -0.39 is 69.0 Å². The van der Waals surface area contributed by atoms with Gasteiger partial charge in [0.2, 0.25) is 5.72 Å². The van der Waals surface area contributed by atoms with Crippen LogP contribution >= 0.6 is 7.75 Å². The number of rotatable bonds is 12. The summed E-state index contributed by atoms with van der Waals surface area (Å²) in [5.74, 6) is -1.23. The molecule has 2 aromatic rings. The van der Waals surface area contributed by atoms with Crippen LogP contribution in [0, 0.1) is 0 Å². The van der Waals surface area contributed by atoms with Gasteiger partial charge in [-0.05, 0) is 24.1 Å². The number of alkyl halides is 3. The summed E-state index contributed by atoms with van der Waals surface area (Å²) < 4.78 is 72.7. The average Bonchev–Trinajstić information content (AvgIpc) is 3.15. The van der Waals surface area contributed by atoms with Crippen LogP contribution < -0.4 is 16.5 Å². The Hall–Kier alpha value is -3.54. The van der Waals surface area contributed by atoms with Gasteiger partial charge in [0.15, 0.2) is 12.8 Å². The first kappa shape index (κ1) is 32.0. The van der Waals surface area contributed by atoms with Gasteiger partial charge in [0.05, 0.1) is 6.61 Å². The van der Waals surface area contributed by atoms with E-state index in [1.54, 1.807) is 30.3 Å². The van der Waals surface area contributed by atoms with E-state index in [-0.39, 0.29) is 12.4 Å². The lowest BCUT2D eigenvalue weighted by atomic mass is 10.1. The Bertz CT molecular complexity index is 1380. The summed E-state index contributed by atoms with van der Waals surface area (Å²) in [7, 11) is -5.12. The van der Waals surface area contributed by atoms with Crippen LogP contribution in [0.25, 0.3) is 10.4 Å². The summed E-state index contributed by atoms with van der Waals surface area (Å²) in [6.07, 6.45) is -9.86. The fourth-order valence-corrected chi connectivity index (χ4v) is 4.98. The number of nitrogen functional groups attached to an aromatic ring is 1. The van der Waals surface area contributed by atoms with Crippen molar-refractivity contribution in [3.63, 3.8) is 0 Å². The predicted molar refractivity (Wildman–Crippen MR) is 131 cm³/mol. The summed E-state index contributed by atoms with van der Waals surface area (Å²) >= 11 is 0. The lowest BCUT2D eigenvalue weighted by Gasteiger charge is -2.29. The van der Waals surface area contributed by atoms with Gasteiger partial charge >= 0.3 is 25.6 Å². The minimum Gasteiger partial charge on any atom is -0.460 e. The molecular weight excluding hydrogens is 582 g/mol. The second-order valence-electron chi connectivity index (χ2n) is 8.62. The Kier molecular flexibility index (Phi) is 10.1. The van der Waals surface area contributed by atoms with E-state index in [9.17, 15) is 37.5 Å². The van der Waals surface area contributed by atoms with Gasteiger partial charge < -0.3 is 25.4 Å². The number of carbonyl (C=O) groups excluding carboxylic acids is 1. The minimum atomic E-state index is -5.12. The Balaban J connectivity index is 1.81. The molecule has 41 heavy (non-hydrogen) atoms. The summed E-state index contributed by atoms with van der Waals surface area (Å²) in [6.45, 7) is -2.49. The number of azide groups is 1. The Labute approximate surface area is 229 Å². The molecule has 3 rings (SSSR count). The molecule has 20 heteroatoms. The first-order valence-corrected chi connectivity index (χ1v) is 13.1. The van der Waals surface area contributed by atoms with E-state index in [2.05, 4.69) is 19.5 Å². The molecule has 1 aromatic carbocycles. The van der Waals surface area contributed by atoms with Crippen molar-refractivity contribution in [2.45, 2.75) is 49.9 Å². The number of aliphatic hydroxyl groups excluding tert-OH is 2. The summed E-state index contributed by atoms with van der Waals surface area (Å²) in [4.78, 5) is 30.6. The molecule has 1 aromatic heterocycles. The molecule has 1 fully saturated rings. The second-order valence-corrected chi connectivity index (χ2v) is 10.4. The topological polar surface area (TPSA) is 233 Å². The monoisotopic (exact) mass is 607 g/mol. The molecule has 0 saturated carbocycles. The van der Waals surface area contributed by atoms with Crippen molar-refractivity contribution < 1.29 is 51.3 Å². The molecule has 16 nitrogen and oxygen atoms in total. The fraction of sp³-hybridized carbons (Fsp3) is 0.476. The van der Waals surface area contributed by atoms with Gasteiger partial charge in [-0.2, -0.15) is 18.2 Å². The number of aliphatic hydroxyl groups is 2. The van der Waals surface area contributed by atoms with Crippen molar-refractivity contribution >= 4 is 19.5 Å². The van der Waals surface area contributed by atoms with E-state index in [1.165, 1.54) is 0 Å². The van der Waals surface area contributed by atoms with Crippen LogP contribution in [-0.2, 0) is 34.5 Å². The first-order valence-electron chi connectivity index (χ1n) is 11.6. The molecule has 1 saturated heterocycles. The number of ether oxygens (including phenoxy) is 2. The number of aromatic nitrogens is 2. The van der Waals surface area contributed by atoms with Crippen molar-refractivity contribution in [3.05, 3.63) is 69.1 Å². The van der Waals surface area contributed by atoms with Gasteiger partial charge in [0.25, 0.3) is 0 Å². The molecule has 224 valence electrons. The molecule has 2 heterocycles. The van der Waals surface area contributed by atoms with Gasteiger partial charge in [0, 0.05) is 11.1 Å². The quantitative estimate of drug-likeness (QED) is 0.0884. The van der Waals surface area contributed by atoms with Crippen LogP contribution in [0.2, 0.25) is 0 Å². The zero-order valence-electron chi connectivity index (χ0n) is 21.1. The third-order valence-corrected chi connectivity index (χ3v) is 7.15. The van der Waals surface area contributed by atoms with E-state index in [1.807, 2.05) is 5.09 Å². The van der Waals surface area contributed by atoms with Crippen molar-refractivity contribution in [2.24, 2.45) is 5.11 Å². The van der Waals surface area contributed by atoms with E-state index >= 15 is 0 Å². The van der Waals surface area contributed by atoms with Crippen LogP contribution in [0.3, 0.4) is 0 Å². The molecule has 0 spiro atoms. The van der Waals surface area contributed by atoms with Crippen LogP contribution in [0.1, 0.15) is 18.7 Å². The number of hydrogen-bond acceptors (Lipinski definition) is 12. The lowest BCUT2D eigenvalue weighted by molar-refractivity contribution is -0.158. The van der Waals surface area contributed by atoms with Gasteiger partial charge in [0.1, 0.15) is 30.7 Å². The number of hydrogen-bond donors (Lipinski definition) is 4. The first-order chi connectivity index (χ1) is 19.2. The maximum atomic E-state index is 13.3. The molecule has 0 amide bonds.